The quantitative estimate of drug-likeness (QED) is 0.728. The number of hydrogen-bond donors (Lipinski definition) is 0. The molecule has 1 amide bonds. The van der Waals surface area contributed by atoms with Crippen LogP contribution in [0.15, 0.2) is 42.9 Å². The summed E-state index contributed by atoms with van der Waals surface area (Å²) in [5.74, 6) is 0.535. The predicted molar refractivity (Wildman–Crippen MR) is 86.3 cm³/mol. The Morgan fingerprint density at radius 1 is 1.17 bits per heavy atom. The summed E-state index contributed by atoms with van der Waals surface area (Å²) in [5, 5.41) is 4.37. The van der Waals surface area contributed by atoms with E-state index in [0.717, 1.165) is 37.3 Å². The van der Waals surface area contributed by atoms with Gasteiger partial charge in [0.15, 0.2) is 5.65 Å². The van der Waals surface area contributed by atoms with Gasteiger partial charge in [0.05, 0.1) is 6.20 Å². The van der Waals surface area contributed by atoms with Gasteiger partial charge >= 0.3 is 0 Å². The number of piperidine rings is 1. The van der Waals surface area contributed by atoms with Gasteiger partial charge in [-0.1, -0.05) is 0 Å². The van der Waals surface area contributed by atoms with Crippen molar-refractivity contribution < 1.29 is 4.79 Å². The minimum atomic E-state index is 0.120. The normalized spacial score (nSPS) is 16.1. The number of carbonyl (C=O) groups is 1. The average molecular weight is 309 g/mol. The molecular formula is C17H19N5O. The van der Waals surface area contributed by atoms with Crippen LogP contribution in [0.1, 0.15) is 34.9 Å². The van der Waals surface area contributed by atoms with Gasteiger partial charge in [-0.25, -0.2) is 9.50 Å². The summed E-state index contributed by atoms with van der Waals surface area (Å²) >= 11 is 0. The third kappa shape index (κ3) is 2.40. The van der Waals surface area contributed by atoms with E-state index in [1.165, 1.54) is 5.69 Å². The number of amides is 1. The van der Waals surface area contributed by atoms with Gasteiger partial charge in [0.2, 0.25) is 0 Å². The number of carbonyl (C=O) groups excluding carboxylic acids is 1. The Hall–Kier alpha value is -2.63. The largest absolute Gasteiger partial charge is 0.347 e. The molecule has 23 heavy (non-hydrogen) atoms. The van der Waals surface area contributed by atoms with Crippen LogP contribution in [0.2, 0.25) is 0 Å². The van der Waals surface area contributed by atoms with Crippen molar-refractivity contribution in [1.29, 1.82) is 0 Å². The third-order valence-corrected chi connectivity index (χ3v) is 4.68. The van der Waals surface area contributed by atoms with Crippen molar-refractivity contribution in [3.8, 4) is 0 Å². The van der Waals surface area contributed by atoms with Gasteiger partial charge in [-0.2, -0.15) is 5.10 Å². The fourth-order valence-corrected chi connectivity index (χ4v) is 3.39. The predicted octanol–water partition coefficient (Wildman–Crippen LogP) is 2.09. The van der Waals surface area contributed by atoms with Crippen LogP contribution in [0.5, 0.6) is 0 Å². The zero-order valence-electron chi connectivity index (χ0n) is 13.1. The summed E-state index contributed by atoms with van der Waals surface area (Å²) in [6.07, 6.45) is 7.43. The molecule has 1 aliphatic heterocycles. The lowest BCUT2D eigenvalue weighted by atomic mass is 9.93. The van der Waals surface area contributed by atoms with Crippen molar-refractivity contribution in [2.75, 3.05) is 13.1 Å². The van der Waals surface area contributed by atoms with Crippen LogP contribution in [0.3, 0.4) is 0 Å². The number of rotatable bonds is 2. The Morgan fingerprint density at radius 3 is 2.74 bits per heavy atom. The fraction of sp³-hybridized carbons (Fsp3) is 0.353. The molecule has 0 spiro atoms. The Bertz CT molecular complexity index is 841. The molecule has 4 heterocycles. The summed E-state index contributed by atoms with van der Waals surface area (Å²) in [5.41, 5.74) is 2.82. The number of likely N-dealkylation sites (tertiary alicyclic amines) is 1. The Kier molecular flexibility index (Phi) is 3.37. The maximum Gasteiger partial charge on any atom is 0.270 e. The van der Waals surface area contributed by atoms with Gasteiger partial charge in [-0.05, 0) is 31.0 Å². The van der Waals surface area contributed by atoms with Crippen LogP contribution in [0, 0.1) is 0 Å². The minimum Gasteiger partial charge on any atom is -0.347 e. The lowest BCUT2D eigenvalue weighted by Gasteiger charge is -2.32. The van der Waals surface area contributed by atoms with Gasteiger partial charge in [-0.3, -0.25) is 4.79 Å². The highest BCUT2D eigenvalue weighted by Gasteiger charge is 2.26. The second kappa shape index (κ2) is 5.53. The van der Waals surface area contributed by atoms with Crippen molar-refractivity contribution in [3.63, 3.8) is 0 Å². The van der Waals surface area contributed by atoms with E-state index < -0.39 is 0 Å². The molecule has 3 aromatic rings. The van der Waals surface area contributed by atoms with E-state index >= 15 is 0 Å². The van der Waals surface area contributed by atoms with E-state index in [1.807, 2.05) is 57.7 Å². The monoisotopic (exact) mass is 309 g/mol. The van der Waals surface area contributed by atoms with Crippen molar-refractivity contribution in [2.45, 2.75) is 18.8 Å². The van der Waals surface area contributed by atoms with Gasteiger partial charge in [0, 0.05) is 50.2 Å². The zero-order valence-corrected chi connectivity index (χ0v) is 13.1. The second-order valence-corrected chi connectivity index (χ2v) is 6.04. The highest BCUT2D eigenvalue weighted by atomic mass is 16.2. The van der Waals surface area contributed by atoms with Crippen LogP contribution in [-0.4, -0.2) is 43.1 Å². The molecule has 6 nitrogen and oxygen atoms in total. The summed E-state index contributed by atoms with van der Waals surface area (Å²) in [6, 6.07) is 7.74. The molecule has 0 bridgehead atoms. The molecular weight excluding hydrogens is 290 g/mol. The minimum absolute atomic E-state index is 0.120. The van der Waals surface area contributed by atoms with E-state index in [2.05, 4.69) is 10.1 Å². The van der Waals surface area contributed by atoms with Crippen LogP contribution in [0.25, 0.3) is 5.65 Å². The Labute approximate surface area is 134 Å². The summed E-state index contributed by atoms with van der Waals surface area (Å²) in [7, 11) is 1.91. The van der Waals surface area contributed by atoms with E-state index in [-0.39, 0.29) is 5.91 Å². The highest BCUT2D eigenvalue weighted by molar-refractivity contribution is 5.92. The Morgan fingerprint density at radius 2 is 2.00 bits per heavy atom. The van der Waals surface area contributed by atoms with Crippen molar-refractivity contribution in [3.05, 3.63) is 54.2 Å². The molecule has 0 saturated carbocycles. The first-order valence-electron chi connectivity index (χ1n) is 7.93. The topological polar surface area (TPSA) is 55.4 Å². The lowest BCUT2D eigenvalue weighted by Crippen LogP contribution is -2.39. The molecule has 1 aliphatic rings. The van der Waals surface area contributed by atoms with Crippen molar-refractivity contribution in [1.82, 2.24) is 24.1 Å². The number of aromatic nitrogens is 4. The lowest BCUT2D eigenvalue weighted by molar-refractivity contribution is 0.0702. The van der Waals surface area contributed by atoms with E-state index in [9.17, 15) is 4.79 Å². The molecule has 118 valence electrons. The molecule has 0 atom stereocenters. The van der Waals surface area contributed by atoms with Crippen LogP contribution >= 0.6 is 0 Å². The smallest absolute Gasteiger partial charge is 0.270 e. The highest BCUT2D eigenvalue weighted by Crippen LogP contribution is 2.28. The second-order valence-electron chi connectivity index (χ2n) is 6.04. The van der Waals surface area contributed by atoms with Crippen molar-refractivity contribution in [2.24, 2.45) is 7.05 Å². The molecule has 3 aromatic heterocycles. The molecule has 0 N–H and O–H groups in total. The van der Waals surface area contributed by atoms with Gasteiger partial charge in [-0.15, -0.1) is 0 Å². The maximum absolute atomic E-state index is 12.6. The van der Waals surface area contributed by atoms with E-state index in [0.29, 0.717) is 5.92 Å². The molecule has 0 aromatic carbocycles. The summed E-state index contributed by atoms with van der Waals surface area (Å²) < 4.78 is 3.80. The van der Waals surface area contributed by atoms with Crippen LogP contribution < -0.4 is 0 Å². The molecule has 0 aliphatic carbocycles. The average Bonchev–Trinajstić information content (AvgIpc) is 3.22. The number of hydrogen-bond acceptors (Lipinski definition) is 3. The third-order valence-electron chi connectivity index (χ3n) is 4.68. The van der Waals surface area contributed by atoms with Gasteiger partial charge in [0.25, 0.3) is 5.91 Å². The van der Waals surface area contributed by atoms with Crippen molar-refractivity contribution >= 4 is 11.6 Å². The first-order chi connectivity index (χ1) is 11.2. The number of aryl methyl sites for hydroxylation is 1. The molecule has 0 radical (unpaired) electrons. The molecule has 1 saturated heterocycles. The number of fused-ring (bicyclic) bond motifs is 1. The standard InChI is InChI=1S/C17H19N5O/c1-20-10-2-3-15(20)17(23)21-11-6-13(7-12-21)14-4-8-18-16-5-9-19-22(14)16/h2-5,8-10,13H,6-7,11-12H2,1H3. The van der Waals surface area contributed by atoms with Gasteiger partial charge in [0.1, 0.15) is 5.69 Å². The molecule has 4 rings (SSSR count). The van der Waals surface area contributed by atoms with Crippen LogP contribution in [-0.2, 0) is 7.05 Å². The zero-order chi connectivity index (χ0) is 15.8. The SMILES string of the molecule is Cn1cccc1C(=O)N1CCC(c2ccnc3ccnn23)CC1. The summed E-state index contributed by atoms with van der Waals surface area (Å²) in [6.45, 7) is 1.56. The first kappa shape index (κ1) is 14.0. The Balaban J connectivity index is 1.50. The van der Waals surface area contributed by atoms with E-state index in [4.69, 9.17) is 0 Å². The summed E-state index contributed by atoms with van der Waals surface area (Å²) in [4.78, 5) is 18.8. The van der Waals surface area contributed by atoms with Crippen LogP contribution in [0.4, 0.5) is 0 Å². The number of nitrogens with zero attached hydrogens (tertiary/aromatic N) is 5. The molecule has 6 heteroatoms. The first-order valence-corrected chi connectivity index (χ1v) is 7.93. The fourth-order valence-electron chi connectivity index (χ4n) is 3.39. The van der Waals surface area contributed by atoms with E-state index in [1.54, 1.807) is 6.20 Å². The molecule has 0 unspecified atom stereocenters. The maximum atomic E-state index is 12.6. The molecule has 1 fully saturated rings. The van der Waals surface area contributed by atoms with Gasteiger partial charge < -0.3 is 9.47 Å².